The number of nitrogens with zero attached hydrogens (tertiary/aromatic N) is 4. The second-order valence-electron chi connectivity index (χ2n) is 9.00. The van der Waals surface area contributed by atoms with Crippen LogP contribution in [0.2, 0.25) is 0 Å². The monoisotopic (exact) mass is 496 g/mol. The van der Waals surface area contributed by atoms with Crippen LogP contribution in [0, 0.1) is 13.8 Å². The van der Waals surface area contributed by atoms with Crippen LogP contribution in [0.1, 0.15) is 43.7 Å². The van der Waals surface area contributed by atoms with Crippen molar-refractivity contribution >= 4 is 21.8 Å². The van der Waals surface area contributed by atoms with Gasteiger partial charge in [-0.3, -0.25) is 9.59 Å². The molecule has 0 spiro atoms. The van der Waals surface area contributed by atoms with E-state index in [2.05, 4.69) is 10.1 Å². The van der Waals surface area contributed by atoms with Gasteiger partial charge in [0.25, 0.3) is 10.0 Å². The molecule has 2 heterocycles. The van der Waals surface area contributed by atoms with Gasteiger partial charge < -0.3 is 9.42 Å². The summed E-state index contributed by atoms with van der Waals surface area (Å²) < 4.78 is 32.7. The van der Waals surface area contributed by atoms with Gasteiger partial charge >= 0.3 is 0 Å². The van der Waals surface area contributed by atoms with Crippen molar-refractivity contribution in [1.82, 2.24) is 19.3 Å². The number of aryl methyl sites for hydroxylation is 2. The van der Waals surface area contributed by atoms with Crippen molar-refractivity contribution in [1.29, 1.82) is 0 Å². The number of amides is 2. The van der Waals surface area contributed by atoms with E-state index in [4.69, 9.17) is 4.52 Å². The Bertz CT molecular complexity index is 1350. The first-order valence-electron chi connectivity index (χ1n) is 11.4. The van der Waals surface area contributed by atoms with Crippen LogP contribution in [-0.2, 0) is 26.2 Å². The minimum atomic E-state index is -4.18. The zero-order chi connectivity index (χ0) is 25.3. The molecule has 1 aliphatic heterocycles. The summed E-state index contributed by atoms with van der Waals surface area (Å²) in [6.07, 6.45) is 0.0931. The van der Waals surface area contributed by atoms with Gasteiger partial charge in [0.1, 0.15) is 12.6 Å². The molecule has 0 bridgehead atoms. The zero-order valence-electron chi connectivity index (χ0n) is 20.1. The lowest BCUT2D eigenvalue weighted by Gasteiger charge is -2.31. The van der Waals surface area contributed by atoms with Crippen molar-refractivity contribution in [2.24, 2.45) is 0 Å². The third-order valence-corrected chi connectivity index (χ3v) is 7.82. The predicted molar refractivity (Wildman–Crippen MR) is 128 cm³/mol. The number of carbonyl (C=O) groups is 2. The van der Waals surface area contributed by atoms with Crippen LogP contribution >= 0.6 is 0 Å². The van der Waals surface area contributed by atoms with Crippen molar-refractivity contribution in [2.45, 2.75) is 64.1 Å². The molecule has 0 saturated carbocycles. The van der Waals surface area contributed by atoms with Crippen LogP contribution in [0.15, 0.2) is 57.9 Å². The summed E-state index contributed by atoms with van der Waals surface area (Å²) in [6, 6.07) is 12.4. The number of sulfonamides is 1. The molecule has 1 aliphatic rings. The number of hydrogen-bond acceptors (Lipinski definition) is 7. The molecule has 9 nitrogen and oxygen atoms in total. The summed E-state index contributed by atoms with van der Waals surface area (Å²) in [7, 11) is -4.18. The number of aromatic nitrogens is 2. The molecule has 35 heavy (non-hydrogen) atoms. The molecule has 0 aliphatic carbocycles. The molecule has 2 aromatic carbocycles. The van der Waals surface area contributed by atoms with E-state index in [9.17, 15) is 18.0 Å². The summed E-state index contributed by atoms with van der Waals surface area (Å²) in [5.41, 5.74) is 2.73. The summed E-state index contributed by atoms with van der Waals surface area (Å²) in [5.74, 6) is -0.440. The predicted octanol–water partition coefficient (Wildman–Crippen LogP) is 3.47. The maximum atomic E-state index is 13.6. The van der Waals surface area contributed by atoms with Gasteiger partial charge in [0, 0.05) is 18.0 Å². The van der Waals surface area contributed by atoms with E-state index in [0.717, 1.165) is 21.0 Å². The summed E-state index contributed by atoms with van der Waals surface area (Å²) in [6.45, 7) is 7.42. The maximum Gasteiger partial charge on any atom is 0.267 e. The molecule has 0 N–H and O–H groups in total. The molecule has 0 radical (unpaired) electrons. The Hall–Kier alpha value is -3.53. The third kappa shape index (κ3) is 4.97. The highest BCUT2D eigenvalue weighted by molar-refractivity contribution is 7.89. The Kier molecular flexibility index (Phi) is 6.75. The highest BCUT2D eigenvalue weighted by Gasteiger charge is 2.46. The van der Waals surface area contributed by atoms with Gasteiger partial charge in [-0.05, 0) is 52.3 Å². The molecule has 3 aromatic rings. The SMILES string of the molecule is Cc1ccc(S(=O)(=O)N2C(=O)CCC2C(=O)N(Cc2nc(-c3cccc(C)c3)no2)C(C)C)cc1. The summed E-state index contributed by atoms with van der Waals surface area (Å²) in [5, 5.41) is 4.03. The largest absolute Gasteiger partial charge is 0.337 e. The first-order chi connectivity index (χ1) is 16.6. The molecule has 1 atom stereocenters. The molecule has 184 valence electrons. The van der Waals surface area contributed by atoms with Gasteiger partial charge in [-0.1, -0.05) is 46.6 Å². The van der Waals surface area contributed by atoms with Gasteiger partial charge in [0.05, 0.1) is 4.90 Å². The van der Waals surface area contributed by atoms with Crippen LogP contribution in [0.5, 0.6) is 0 Å². The molecular formula is C25H28N4O5S. The summed E-state index contributed by atoms with van der Waals surface area (Å²) in [4.78, 5) is 32.1. The van der Waals surface area contributed by atoms with Crippen LogP contribution in [0.4, 0.5) is 0 Å². The Labute approximate surface area is 204 Å². The average molecular weight is 497 g/mol. The molecule has 10 heteroatoms. The van der Waals surface area contributed by atoms with Gasteiger partial charge in [0.15, 0.2) is 0 Å². The normalized spacial score (nSPS) is 16.2. The average Bonchev–Trinajstić information content (AvgIpc) is 3.44. The van der Waals surface area contributed by atoms with E-state index in [0.29, 0.717) is 5.82 Å². The van der Waals surface area contributed by atoms with Gasteiger partial charge in [-0.25, -0.2) is 12.7 Å². The standard InChI is InChI=1S/C25H28N4O5S/c1-16(2)28(15-22-26-24(27-34-22)19-7-5-6-18(4)14-19)25(31)21-12-13-23(30)29(21)35(32,33)20-10-8-17(3)9-11-20/h5-11,14,16,21H,12-13,15H2,1-4H3. The highest BCUT2D eigenvalue weighted by Crippen LogP contribution is 2.29. The Morgan fingerprint density at radius 3 is 2.51 bits per heavy atom. The van der Waals surface area contributed by atoms with Crippen molar-refractivity contribution in [3.63, 3.8) is 0 Å². The number of rotatable bonds is 7. The smallest absolute Gasteiger partial charge is 0.267 e. The molecule has 2 amide bonds. The van der Waals surface area contributed by atoms with Crippen molar-refractivity contribution in [3.8, 4) is 11.4 Å². The topological polar surface area (TPSA) is 114 Å². The maximum absolute atomic E-state index is 13.6. The fourth-order valence-corrected chi connectivity index (χ4v) is 5.68. The molecule has 1 aromatic heterocycles. The number of benzene rings is 2. The Morgan fingerprint density at radius 1 is 1.14 bits per heavy atom. The fourth-order valence-electron chi connectivity index (χ4n) is 4.08. The van der Waals surface area contributed by atoms with Crippen LogP contribution in [0.25, 0.3) is 11.4 Å². The number of carbonyl (C=O) groups excluding carboxylic acids is 2. The second-order valence-corrected chi connectivity index (χ2v) is 10.8. The molecule has 1 saturated heterocycles. The lowest BCUT2D eigenvalue weighted by molar-refractivity contribution is -0.140. The first kappa shape index (κ1) is 24.6. The number of hydrogen-bond donors (Lipinski definition) is 0. The lowest BCUT2D eigenvalue weighted by atomic mass is 10.1. The van der Waals surface area contributed by atoms with E-state index in [-0.39, 0.29) is 36.2 Å². The van der Waals surface area contributed by atoms with Crippen molar-refractivity contribution in [3.05, 3.63) is 65.5 Å². The molecule has 4 rings (SSSR count). The van der Waals surface area contributed by atoms with Gasteiger partial charge in [-0.15, -0.1) is 0 Å². The first-order valence-corrected chi connectivity index (χ1v) is 12.9. The van der Waals surface area contributed by atoms with E-state index >= 15 is 0 Å². The van der Waals surface area contributed by atoms with Crippen LogP contribution in [-0.4, -0.2) is 51.7 Å². The molecule has 1 fully saturated rings. The second kappa shape index (κ2) is 9.61. The van der Waals surface area contributed by atoms with Crippen molar-refractivity contribution in [2.75, 3.05) is 0 Å². The van der Waals surface area contributed by atoms with E-state index in [1.807, 2.05) is 52.0 Å². The highest BCUT2D eigenvalue weighted by atomic mass is 32.2. The quantitative estimate of drug-likeness (QED) is 0.492. The van der Waals surface area contributed by atoms with Crippen LogP contribution in [0.3, 0.4) is 0 Å². The Balaban J connectivity index is 1.59. The van der Waals surface area contributed by atoms with E-state index < -0.39 is 27.9 Å². The minimum absolute atomic E-state index is 0.00156. The minimum Gasteiger partial charge on any atom is -0.337 e. The lowest BCUT2D eigenvalue weighted by Crippen LogP contribution is -2.50. The zero-order valence-corrected chi connectivity index (χ0v) is 20.9. The molecular weight excluding hydrogens is 468 g/mol. The van der Waals surface area contributed by atoms with Gasteiger partial charge in [0.2, 0.25) is 23.5 Å². The summed E-state index contributed by atoms with van der Waals surface area (Å²) >= 11 is 0. The van der Waals surface area contributed by atoms with Crippen LogP contribution < -0.4 is 0 Å². The third-order valence-electron chi connectivity index (χ3n) is 5.98. The van der Waals surface area contributed by atoms with Gasteiger partial charge in [-0.2, -0.15) is 4.98 Å². The van der Waals surface area contributed by atoms with E-state index in [1.54, 1.807) is 12.1 Å². The van der Waals surface area contributed by atoms with Crippen molar-refractivity contribution < 1.29 is 22.5 Å². The fraction of sp³-hybridized carbons (Fsp3) is 0.360. The van der Waals surface area contributed by atoms with E-state index in [1.165, 1.54) is 17.0 Å². The molecule has 1 unspecified atom stereocenters. The Morgan fingerprint density at radius 2 is 1.86 bits per heavy atom.